The van der Waals surface area contributed by atoms with Gasteiger partial charge < -0.3 is 0 Å². The van der Waals surface area contributed by atoms with Crippen LogP contribution in [0.5, 0.6) is 0 Å². The summed E-state index contributed by atoms with van der Waals surface area (Å²) in [6, 6.07) is 11.1. The Labute approximate surface area is 139 Å². The fourth-order valence-electron chi connectivity index (χ4n) is 2.32. The van der Waals surface area contributed by atoms with E-state index in [0.717, 1.165) is 9.96 Å². The van der Waals surface area contributed by atoms with Crippen LogP contribution in [-0.4, -0.2) is 18.3 Å². The van der Waals surface area contributed by atoms with Gasteiger partial charge in [0.1, 0.15) is 0 Å². The molecular weight excluding hydrogens is 315 g/mol. The van der Waals surface area contributed by atoms with E-state index in [1.54, 1.807) is 6.07 Å². The van der Waals surface area contributed by atoms with Crippen LogP contribution in [0.15, 0.2) is 36.4 Å². The minimum atomic E-state index is -2.60. The summed E-state index contributed by atoms with van der Waals surface area (Å²) >= 11 is -2.60. The molecule has 0 spiro atoms. The van der Waals surface area contributed by atoms with Crippen molar-refractivity contribution in [3.05, 3.63) is 47.7 Å². The number of hydrogen-bond acceptors (Lipinski definition) is 1. The molecule has 2 aromatic rings. The molecule has 1 aromatic carbocycles. The second kappa shape index (κ2) is 6.35. The summed E-state index contributed by atoms with van der Waals surface area (Å²) in [5.41, 5.74) is 1.80. The quantitative estimate of drug-likeness (QED) is 0.724. The average molecular weight is 347 g/mol. The first kappa shape index (κ1) is 10.6. The predicted molar refractivity (Wildman–Crippen MR) is 95.9 cm³/mol. The van der Waals surface area contributed by atoms with Crippen molar-refractivity contribution in [1.82, 2.24) is 4.98 Å². The molecule has 0 atom stereocenters. The summed E-state index contributed by atoms with van der Waals surface area (Å²) in [4.78, 5) is 4.57. The van der Waals surface area contributed by atoms with Gasteiger partial charge in [-0.3, -0.25) is 0 Å². The van der Waals surface area contributed by atoms with E-state index in [1.807, 2.05) is 44.2 Å². The number of aromatic nitrogens is 1. The second-order valence-electron chi connectivity index (χ2n) is 6.70. The molecule has 0 bridgehead atoms. The van der Waals surface area contributed by atoms with Crippen LogP contribution in [0.25, 0.3) is 11.3 Å². The molecule has 0 radical (unpaired) electrons. The van der Waals surface area contributed by atoms with Crippen molar-refractivity contribution in [2.75, 3.05) is 0 Å². The van der Waals surface area contributed by atoms with Crippen LogP contribution >= 0.6 is 0 Å². The molecule has 2 heteroatoms. The Balaban J connectivity index is 2.93. The first-order valence-corrected chi connectivity index (χ1v) is 14.7. The SMILES string of the molecule is [2H]C([2H])([2H])c1nc(-c2ccccc2)c(C([2H])([2H])C(C)C)c[c]1[Ge]([CH3])([CH3])[CH3]. The van der Waals surface area contributed by atoms with Crippen LogP contribution in [0.1, 0.15) is 32.0 Å². The van der Waals surface area contributed by atoms with Gasteiger partial charge in [0.05, 0.1) is 0 Å². The topological polar surface area (TPSA) is 12.9 Å². The van der Waals surface area contributed by atoms with Crippen LogP contribution in [0.4, 0.5) is 0 Å². The van der Waals surface area contributed by atoms with Gasteiger partial charge in [0.2, 0.25) is 0 Å². The van der Waals surface area contributed by atoms with Gasteiger partial charge in [-0.1, -0.05) is 0 Å². The van der Waals surface area contributed by atoms with Gasteiger partial charge in [0.15, 0.2) is 0 Å². The number of pyridine rings is 1. The average Bonchev–Trinajstić information content (AvgIpc) is 2.52. The van der Waals surface area contributed by atoms with E-state index >= 15 is 0 Å². The Hall–Kier alpha value is -1.09. The fourth-order valence-corrected chi connectivity index (χ4v) is 5.14. The molecule has 112 valence electrons. The van der Waals surface area contributed by atoms with E-state index in [-0.39, 0.29) is 11.6 Å². The summed E-state index contributed by atoms with van der Waals surface area (Å²) in [5, 5.41) is 0. The van der Waals surface area contributed by atoms with Crippen molar-refractivity contribution >= 4 is 17.7 Å². The zero-order valence-electron chi connectivity index (χ0n) is 18.5. The molecule has 1 nitrogen and oxygen atoms in total. The third-order valence-electron chi connectivity index (χ3n) is 3.32. The molecule has 0 aliphatic rings. The molecule has 0 fully saturated rings. The summed E-state index contributed by atoms with van der Waals surface area (Å²) < 4.78 is 42.0. The molecule has 0 amide bonds. The third-order valence-corrected chi connectivity index (χ3v) is 7.51. The van der Waals surface area contributed by atoms with Gasteiger partial charge in [-0.15, -0.1) is 0 Å². The van der Waals surface area contributed by atoms with Crippen molar-refractivity contribution in [2.45, 2.75) is 44.3 Å². The number of benzene rings is 1. The van der Waals surface area contributed by atoms with Crippen LogP contribution < -0.4 is 4.40 Å². The van der Waals surface area contributed by atoms with Crippen molar-refractivity contribution in [1.29, 1.82) is 0 Å². The van der Waals surface area contributed by atoms with E-state index in [1.165, 1.54) is 0 Å². The van der Waals surface area contributed by atoms with Crippen molar-refractivity contribution in [2.24, 2.45) is 5.92 Å². The first-order valence-electron chi connectivity index (χ1n) is 9.88. The normalized spacial score (nSPS) is 16.8. The molecule has 0 aliphatic heterocycles. The molecule has 21 heavy (non-hydrogen) atoms. The van der Waals surface area contributed by atoms with Gasteiger partial charge in [0.25, 0.3) is 0 Å². The van der Waals surface area contributed by atoms with E-state index in [9.17, 15) is 0 Å². The monoisotopic (exact) mass is 348 g/mol. The molecule has 0 aliphatic carbocycles. The molecule has 0 saturated carbocycles. The molecule has 0 unspecified atom stereocenters. The maximum atomic E-state index is 8.65. The van der Waals surface area contributed by atoms with E-state index in [0.29, 0.717) is 11.3 Å². The standard InChI is InChI=1S/C19H27GeN/c1-14(2)12-17-13-18(20(4,5)6)15(3)21-19(17)16-10-8-7-9-11-16/h7-11,13-14H,12H2,1-6H3/i3D3,12D2. The molecule has 1 heterocycles. The van der Waals surface area contributed by atoms with Crippen LogP contribution in [0, 0.1) is 12.8 Å². The van der Waals surface area contributed by atoms with E-state index in [2.05, 4.69) is 22.3 Å². The van der Waals surface area contributed by atoms with Gasteiger partial charge >= 0.3 is 139 Å². The number of hydrogen-bond donors (Lipinski definition) is 0. The molecule has 0 N–H and O–H groups in total. The fraction of sp³-hybridized carbons (Fsp3) is 0.421. The zero-order chi connectivity index (χ0) is 19.9. The van der Waals surface area contributed by atoms with Gasteiger partial charge in [0, 0.05) is 0 Å². The van der Waals surface area contributed by atoms with Crippen molar-refractivity contribution in [3.8, 4) is 11.3 Å². The summed E-state index contributed by atoms with van der Waals surface area (Å²) in [6.45, 7) is 1.36. The van der Waals surface area contributed by atoms with Gasteiger partial charge in [-0.25, -0.2) is 0 Å². The van der Waals surface area contributed by atoms with Gasteiger partial charge in [-0.2, -0.15) is 0 Å². The van der Waals surface area contributed by atoms with E-state index in [4.69, 9.17) is 6.85 Å². The maximum absolute atomic E-state index is 8.65. The van der Waals surface area contributed by atoms with Crippen molar-refractivity contribution in [3.63, 3.8) is 0 Å². The zero-order valence-corrected chi connectivity index (χ0v) is 15.6. The molecular formula is C19H27GeN. The van der Waals surface area contributed by atoms with Gasteiger partial charge in [-0.05, 0) is 0 Å². The Morgan fingerprint density at radius 2 is 1.86 bits per heavy atom. The predicted octanol–water partition coefficient (Wildman–Crippen LogP) is 4.80. The molecule has 0 saturated heterocycles. The Kier molecular flexibility index (Phi) is 3.21. The first-order chi connectivity index (χ1) is 11.8. The molecule has 1 aromatic heterocycles. The summed E-state index contributed by atoms with van der Waals surface area (Å²) in [5.74, 6) is 6.08. The van der Waals surface area contributed by atoms with Crippen LogP contribution in [-0.2, 0) is 6.37 Å². The van der Waals surface area contributed by atoms with Crippen LogP contribution in [0.3, 0.4) is 0 Å². The van der Waals surface area contributed by atoms with Crippen LogP contribution in [0.2, 0.25) is 17.3 Å². The number of aryl methyl sites for hydroxylation is 1. The molecule has 2 rings (SSSR count). The third kappa shape index (κ3) is 3.97. The Bertz CT molecular complexity index is 777. The summed E-state index contributed by atoms with van der Waals surface area (Å²) in [7, 11) is 0. The minimum absolute atomic E-state index is 0.132. The second-order valence-corrected chi connectivity index (χ2v) is 17.3. The number of nitrogens with zero attached hydrogens (tertiary/aromatic N) is 1. The summed E-state index contributed by atoms with van der Waals surface area (Å²) in [6.07, 6.45) is -1.60. The Morgan fingerprint density at radius 3 is 2.38 bits per heavy atom. The van der Waals surface area contributed by atoms with E-state index < -0.39 is 26.5 Å². The Morgan fingerprint density at radius 1 is 1.19 bits per heavy atom. The van der Waals surface area contributed by atoms with Crippen molar-refractivity contribution < 1.29 is 6.85 Å². The number of rotatable bonds is 4.